The number of hydrogen-bond donors (Lipinski definition) is 1. The van der Waals surface area contributed by atoms with Crippen molar-refractivity contribution >= 4 is 17.3 Å². The topological polar surface area (TPSA) is 26.0 Å². The summed E-state index contributed by atoms with van der Waals surface area (Å²) >= 11 is 5.28. The first kappa shape index (κ1) is 7.28. The summed E-state index contributed by atoms with van der Waals surface area (Å²) in [6.45, 7) is 0. The molecule has 0 saturated heterocycles. The van der Waals surface area contributed by atoms with Crippen molar-refractivity contribution in [3.63, 3.8) is 0 Å². The summed E-state index contributed by atoms with van der Waals surface area (Å²) in [4.78, 5) is 0. The SMILES string of the molecule is Nc1cc(F)cc(F)c1Cl. The van der Waals surface area contributed by atoms with Crippen LogP contribution in [0.2, 0.25) is 5.02 Å². The maximum absolute atomic E-state index is 12.4. The van der Waals surface area contributed by atoms with Gasteiger partial charge in [-0.2, -0.15) is 0 Å². The third-order valence-corrected chi connectivity index (χ3v) is 1.42. The van der Waals surface area contributed by atoms with E-state index >= 15 is 0 Å². The van der Waals surface area contributed by atoms with Gasteiger partial charge in [0.25, 0.3) is 0 Å². The molecule has 0 spiro atoms. The van der Waals surface area contributed by atoms with Crippen molar-refractivity contribution in [2.45, 2.75) is 0 Å². The molecule has 0 unspecified atom stereocenters. The quantitative estimate of drug-likeness (QED) is 0.461. The fourth-order valence-corrected chi connectivity index (χ4v) is 0.685. The Kier molecular flexibility index (Phi) is 1.76. The van der Waals surface area contributed by atoms with Gasteiger partial charge >= 0.3 is 0 Å². The second-order valence-corrected chi connectivity index (χ2v) is 2.17. The Bertz CT molecular complexity index is 239. The molecule has 0 aromatic heterocycles. The Morgan fingerprint density at radius 2 is 1.90 bits per heavy atom. The maximum atomic E-state index is 12.4. The molecule has 4 heteroatoms. The zero-order chi connectivity index (χ0) is 7.72. The molecule has 0 amide bonds. The predicted octanol–water partition coefficient (Wildman–Crippen LogP) is 2.20. The highest BCUT2D eigenvalue weighted by Gasteiger charge is 2.04. The highest BCUT2D eigenvalue weighted by molar-refractivity contribution is 6.33. The van der Waals surface area contributed by atoms with Gasteiger partial charge in [-0.15, -0.1) is 0 Å². The lowest BCUT2D eigenvalue weighted by atomic mass is 10.3. The van der Waals surface area contributed by atoms with Gasteiger partial charge in [-0.25, -0.2) is 8.78 Å². The van der Waals surface area contributed by atoms with Gasteiger partial charge in [0.15, 0.2) is 0 Å². The van der Waals surface area contributed by atoms with Gasteiger partial charge in [0.2, 0.25) is 0 Å². The molecule has 1 rings (SSSR count). The van der Waals surface area contributed by atoms with Crippen molar-refractivity contribution in [2.75, 3.05) is 5.73 Å². The van der Waals surface area contributed by atoms with E-state index in [1.54, 1.807) is 0 Å². The smallest absolute Gasteiger partial charge is 0.146 e. The van der Waals surface area contributed by atoms with Gasteiger partial charge in [0.1, 0.15) is 11.6 Å². The van der Waals surface area contributed by atoms with Crippen molar-refractivity contribution in [3.8, 4) is 0 Å². The van der Waals surface area contributed by atoms with E-state index in [4.69, 9.17) is 17.3 Å². The maximum Gasteiger partial charge on any atom is 0.146 e. The van der Waals surface area contributed by atoms with Crippen molar-refractivity contribution in [1.29, 1.82) is 0 Å². The molecule has 1 aromatic carbocycles. The first-order chi connectivity index (χ1) is 4.61. The van der Waals surface area contributed by atoms with E-state index in [1.165, 1.54) is 0 Å². The summed E-state index contributed by atoms with van der Waals surface area (Å²) in [5.74, 6) is -1.56. The summed E-state index contributed by atoms with van der Waals surface area (Å²) in [7, 11) is 0. The van der Waals surface area contributed by atoms with E-state index in [-0.39, 0.29) is 10.7 Å². The van der Waals surface area contributed by atoms with Gasteiger partial charge in [0.05, 0.1) is 10.7 Å². The van der Waals surface area contributed by atoms with E-state index < -0.39 is 11.6 Å². The van der Waals surface area contributed by atoms with Crippen molar-refractivity contribution in [3.05, 3.63) is 28.8 Å². The third-order valence-electron chi connectivity index (χ3n) is 1.02. The molecule has 0 atom stereocenters. The van der Waals surface area contributed by atoms with Crippen LogP contribution in [-0.4, -0.2) is 0 Å². The summed E-state index contributed by atoms with van der Waals surface area (Å²) < 4.78 is 24.6. The van der Waals surface area contributed by atoms with Crippen LogP contribution in [0.5, 0.6) is 0 Å². The molecule has 54 valence electrons. The molecular weight excluding hydrogens is 160 g/mol. The summed E-state index contributed by atoms with van der Waals surface area (Å²) in [6.07, 6.45) is 0. The predicted molar refractivity (Wildman–Crippen MR) is 35.8 cm³/mol. The Hall–Kier alpha value is -0.830. The Morgan fingerprint density at radius 1 is 1.30 bits per heavy atom. The Balaban J connectivity index is 3.31. The van der Waals surface area contributed by atoms with Crippen LogP contribution in [0, 0.1) is 11.6 Å². The number of anilines is 1. The Labute approximate surface area is 61.4 Å². The van der Waals surface area contributed by atoms with Gasteiger partial charge in [-0.1, -0.05) is 11.6 Å². The van der Waals surface area contributed by atoms with Crippen LogP contribution in [0.25, 0.3) is 0 Å². The number of nitrogen functional groups attached to an aromatic ring is 1. The summed E-state index contributed by atoms with van der Waals surface area (Å²) in [5.41, 5.74) is 5.03. The number of halogens is 3. The highest BCUT2D eigenvalue weighted by Crippen LogP contribution is 2.22. The minimum atomic E-state index is -0.834. The molecule has 0 aliphatic heterocycles. The largest absolute Gasteiger partial charge is 0.397 e. The lowest BCUT2D eigenvalue weighted by molar-refractivity contribution is 0.585. The minimum Gasteiger partial charge on any atom is -0.397 e. The average molecular weight is 164 g/mol. The van der Waals surface area contributed by atoms with Crippen LogP contribution in [0.4, 0.5) is 14.5 Å². The average Bonchev–Trinajstić information content (AvgIpc) is 1.82. The summed E-state index contributed by atoms with van der Waals surface area (Å²) in [5, 5.41) is -0.235. The zero-order valence-electron chi connectivity index (χ0n) is 4.87. The molecule has 0 aliphatic carbocycles. The van der Waals surface area contributed by atoms with Crippen LogP contribution in [0.3, 0.4) is 0 Å². The first-order valence-corrected chi connectivity index (χ1v) is 2.89. The lowest BCUT2D eigenvalue weighted by Crippen LogP contribution is -1.90. The number of nitrogens with two attached hydrogens (primary N) is 1. The fraction of sp³-hybridized carbons (Fsp3) is 0. The van der Waals surface area contributed by atoms with E-state index in [0.29, 0.717) is 6.07 Å². The van der Waals surface area contributed by atoms with Crippen LogP contribution < -0.4 is 5.73 Å². The first-order valence-electron chi connectivity index (χ1n) is 2.51. The normalized spacial score (nSPS) is 9.90. The van der Waals surface area contributed by atoms with Crippen LogP contribution in [-0.2, 0) is 0 Å². The molecule has 10 heavy (non-hydrogen) atoms. The molecule has 2 N–H and O–H groups in total. The molecule has 0 fully saturated rings. The lowest BCUT2D eigenvalue weighted by Gasteiger charge is -1.97. The number of hydrogen-bond acceptors (Lipinski definition) is 1. The zero-order valence-corrected chi connectivity index (χ0v) is 5.62. The molecule has 1 nitrogen and oxygen atoms in total. The Morgan fingerprint density at radius 3 is 2.40 bits per heavy atom. The van der Waals surface area contributed by atoms with Crippen molar-refractivity contribution < 1.29 is 8.78 Å². The van der Waals surface area contributed by atoms with E-state index in [2.05, 4.69) is 0 Å². The minimum absolute atomic E-state index is 0.0841. The molecule has 0 saturated carbocycles. The number of benzene rings is 1. The van der Waals surface area contributed by atoms with Gasteiger partial charge in [-0.3, -0.25) is 0 Å². The standard InChI is InChI=1S/C6H4ClF2N/c7-6-4(9)1-3(8)2-5(6)10/h1-2H,10H2. The molecule has 0 heterocycles. The molecular formula is C6H4ClF2N. The van der Waals surface area contributed by atoms with Crippen molar-refractivity contribution in [2.24, 2.45) is 0 Å². The molecule has 0 radical (unpaired) electrons. The van der Waals surface area contributed by atoms with Crippen molar-refractivity contribution in [1.82, 2.24) is 0 Å². The van der Waals surface area contributed by atoms with Gasteiger partial charge in [0, 0.05) is 6.07 Å². The van der Waals surface area contributed by atoms with Gasteiger partial charge in [-0.05, 0) is 6.07 Å². The molecule has 1 aromatic rings. The van der Waals surface area contributed by atoms with E-state index in [9.17, 15) is 8.78 Å². The monoisotopic (exact) mass is 163 g/mol. The van der Waals surface area contributed by atoms with Crippen LogP contribution >= 0.6 is 11.6 Å². The van der Waals surface area contributed by atoms with Crippen LogP contribution in [0.15, 0.2) is 12.1 Å². The molecule has 0 bridgehead atoms. The van der Waals surface area contributed by atoms with Gasteiger partial charge < -0.3 is 5.73 Å². The summed E-state index contributed by atoms with van der Waals surface area (Å²) in [6, 6.07) is 1.64. The fourth-order valence-electron chi connectivity index (χ4n) is 0.576. The molecule has 0 aliphatic rings. The van der Waals surface area contributed by atoms with Crippen LogP contribution in [0.1, 0.15) is 0 Å². The second-order valence-electron chi connectivity index (χ2n) is 1.79. The van der Waals surface area contributed by atoms with E-state index in [1.807, 2.05) is 0 Å². The third kappa shape index (κ3) is 1.19. The van der Waals surface area contributed by atoms with E-state index in [0.717, 1.165) is 6.07 Å². The highest BCUT2D eigenvalue weighted by atomic mass is 35.5. The second kappa shape index (κ2) is 2.42. The number of rotatable bonds is 0.